The first-order chi connectivity index (χ1) is 30.2. The van der Waals surface area contributed by atoms with Crippen LogP contribution in [-0.2, 0) is 15.4 Å². The number of hydrogen-bond donors (Lipinski definition) is 6. The zero-order valence-corrected chi connectivity index (χ0v) is 38.0. The second kappa shape index (κ2) is 19.8. The number of thiazole rings is 1. The molecule has 1 amide bonds. The standard InChI is InChI=1S/C23H20F3N5O2S2.C21H22Cl2N4O2/c1-23(2,3)21-30-18(19(34-21)16-10-11-28-22(27)29-16)12-6-4-9-15(17(12)26)31-35(32,33)20-13(24)7-5-8-14(20)25;1-12(2)26-20-8-16(17(23)10-25-20)14-7-18(24-9-14)21(29)27-19(11-28)13-4-3-5-15(22)6-13/h4-11,31H,1-3H3,(H2,27,28,29);3-10,12,19,24,28H,11H2,1-2H3,(H,25,26)(H,27,29)/t;19-/m.1/s1. The maximum Gasteiger partial charge on any atom is 0.268 e. The zero-order valence-electron chi connectivity index (χ0n) is 34.8. The van der Waals surface area contributed by atoms with Crippen LogP contribution in [0.4, 0.5) is 30.6 Å². The van der Waals surface area contributed by atoms with Crippen molar-refractivity contribution in [1.29, 1.82) is 0 Å². The van der Waals surface area contributed by atoms with Crippen LogP contribution in [0.3, 0.4) is 0 Å². The van der Waals surface area contributed by atoms with Crippen LogP contribution >= 0.6 is 34.5 Å². The lowest BCUT2D eigenvalue weighted by Crippen LogP contribution is -2.31. The Morgan fingerprint density at radius 1 is 0.938 bits per heavy atom. The summed E-state index contributed by atoms with van der Waals surface area (Å²) in [6, 6.07) is 18.4. The number of sulfonamides is 1. The number of nitrogens with two attached hydrogens (primary N) is 1. The molecule has 7 rings (SSSR count). The van der Waals surface area contributed by atoms with Gasteiger partial charge in [0.25, 0.3) is 15.9 Å². The van der Waals surface area contributed by atoms with E-state index in [4.69, 9.17) is 28.9 Å². The number of rotatable bonds is 12. The number of aromatic nitrogens is 5. The van der Waals surface area contributed by atoms with Crippen LogP contribution in [0.15, 0.2) is 102 Å². The molecule has 0 aliphatic heterocycles. The van der Waals surface area contributed by atoms with Crippen LogP contribution < -0.4 is 21.1 Å². The van der Waals surface area contributed by atoms with Crippen molar-refractivity contribution >= 4 is 67.9 Å². The van der Waals surface area contributed by atoms with Crippen LogP contribution in [0.2, 0.25) is 10.0 Å². The molecule has 0 saturated heterocycles. The lowest BCUT2D eigenvalue weighted by Gasteiger charge is -2.16. The fourth-order valence-corrected chi connectivity index (χ4v) is 8.85. The summed E-state index contributed by atoms with van der Waals surface area (Å²) in [5.41, 5.74) is 8.05. The van der Waals surface area contributed by atoms with Crippen molar-refractivity contribution in [2.24, 2.45) is 0 Å². The molecule has 64 heavy (non-hydrogen) atoms. The van der Waals surface area contributed by atoms with Gasteiger partial charge in [0.15, 0.2) is 10.7 Å². The van der Waals surface area contributed by atoms with E-state index in [0.717, 1.165) is 41.0 Å². The predicted molar refractivity (Wildman–Crippen MR) is 245 cm³/mol. The van der Waals surface area contributed by atoms with Gasteiger partial charge in [0, 0.05) is 51.8 Å². The molecule has 13 nitrogen and oxygen atoms in total. The Balaban J connectivity index is 0.000000216. The lowest BCUT2D eigenvalue weighted by atomic mass is 9.98. The summed E-state index contributed by atoms with van der Waals surface area (Å²) < 4.78 is 71.2. The van der Waals surface area contributed by atoms with Crippen LogP contribution in [-0.4, -0.2) is 57.0 Å². The fraction of sp³-hybridized carbons (Fsp3) is 0.205. The normalized spacial score (nSPS) is 12.1. The number of H-pyrrole nitrogens is 1. The van der Waals surface area contributed by atoms with Gasteiger partial charge in [0.1, 0.15) is 23.1 Å². The molecule has 4 heterocycles. The second-order valence-corrected chi connectivity index (χ2v) is 18.9. The average Bonchev–Trinajstić information content (AvgIpc) is 3.91. The number of carbonyl (C=O) groups excluding carboxylic acids is 1. The molecular formula is C44H42Cl2F3N9O4S2. The van der Waals surface area contributed by atoms with E-state index in [9.17, 15) is 27.1 Å². The van der Waals surface area contributed by atoms with Gasteiger partial charge in [0.05, 0.1) is 44.6 Å². The summed E-state index contributed by atoms with van der Waals surface area (Å²) in [6.45, 7) is 9.62. The maximum absolute atomic E-state index is 15.7. The monoisotopic (exact) mass is 951 g/mol. The largest absolute Gasteiger partial charge is 0.394 e. The van der Waals surface area contributed by atoms with Gasteiger partial charge in [-0.2, -0.15) is 0 Å². The minimum Gasteiger partial charge on any atom is -0.394 e. The number of aliphatic hydroxyl groups is 1. The number of pyridine rings is 1. The van der Waals surface area contributed by atoms with Gasteiger partial charge in [-0.1, -0.05) is 68.2 Å². The van der Waals surface area contributed by atoms with Gasteiger partial charge in [-0.05, 0) is 74.0 Å². The van der Waals surface area contributed by atoms with E-state index in [2.05, 4.69) is 35.6 Å². The molecule has 0 aliphatic rings. The summed E-state index contributed by atoms with van der Waals surface area (Å²) in [4.78, 5) is 31.9. The van der Waals surface area contributed by atoms with Crippen LogP contribution in [0.25, 0.3) is 33.0 Å². The molecule has 7 aromatic rings. The van der Waals surface area contributed by atoms with E-state index in [1.165, 1.54) is 29.7 Å². The van der Waals surface area contributed by atoms with Crippen molar-refractivity contribution in [3.63, 3.8) is 0 Å². The SMILES string of the molecule is CC(C)(C)c1nc(-c2cccc(NS(=O)(=O)c3c(F)cccc3F)c2F)c(-c2ccnc(N)n2)s1.CC(C)Nc1cc(-c2c[nH]c(C(=O)N[C@H](CO)c3cccc(Cl)c3)c2)c(Cl)cn1. The summed E-state index contributed by atoms with van der Waals surface area (Å²) in [5.74, 6) is -3.19. The summed E-state index contributed by atoms with van der Waals surface area (Å²) in [6.07, 6.45) is 4.75. The highest BCUT2D eigenvalue weighted by atomic mass is 35.5. The topological polar surface area (TPSA) is 201 Å². The maximum atomic E-state index is 15.7. The molecule has 20 heteroatoms. The fourth-order valence-electron chi connectivity index (χ4n) is 6.14. The molecule has 0 bridgehead atoms. The second-order valence-electron chi connectivity index (χ2n) is 15.5. The quantitative estimate of drug-likeness (QED) is 0.0685. The number of aromatic amines is 1. The number of aliphatic hydroxyl groups excluding tert-OH is 1. The van der Waals surface area contributed by atoms with E-state index in [-0.39, 0.29) is 41.2 Å². The third kappa shape index (κ3) is 11.2. The first-order valence-corrected chi connectivity index (χ1v) is 22.4. The number of amides is 1. The van der Waals surface area contributed by atoms with E-state index >= 15 is 4.39 Å². The first kappa shape index (κ1) is 47.4. The number of halogens is 5. The summed E-state index contributed by atoms with van der Waals surface area (Å²) >= 11 is 13.6. The molecule has 0 aliphatic carbocycles. The number of nitrogens with one attached hydrogen (secondary N) is 4. The third-order valence-corrected chi connectivity index (χ3v) is 12.6. The first-order valence-electron chi connectivity index (χ1n) is 19.4. The summed E-state index contributed by atoms with van der Waals surface area (Å²) in [5, 5.41) is 17.4. The minimum atomic E-state index is -4.78. The Morgan fingerprint density at radius 3 is 2.30 bits per heavy atom. The van der Waals surface area contributed by atoms with Gasteiger partial charge in [0.2, 0.25) is 5.95 Å². The Bertz CT molecular complexity index is 2910. The smallest absolute Gasteiger partial charge is 0.268 e. The molecule has 334 valence electrons. The Morgan fingerprint density at radius 2 is 1.64 bits per heavy atom. The van der Waals surface area contributed by atoms with Crippen molar-refractivity contribution in [2.45, 2.75) is 57.0 Å². The average molecular weight is 953 g/mol. The number of anilines is 3. The van der Waals surface area contributed by atoms with Crippen molar-refractivity contribution in [3.05, 3.63) is 141 Å². The number of carbonyl (C=O) groups is 1. The molecule has 0 radical (unpaired) electrons. The van der Waals surface area contributed by atoms with Crippen LogP contribution in [0.5, 0.6) is 0 Å². The van der Waals surface area contributed by atoms with E-state index in [1.54, 1.807) is 48.8 Å². The molecule has 0 spiro atoms. The highest BCUT2D eigenvalue weighted by molar-refractivity contribution is 7.92. The van der Waals surface area contributed by atoms with Gasteiger partial charge in [-0.15, -0.1) is 11.3 Å². The van der Waals surface area contributed by atoms with Crippen LogP contribution in [0.1, 0.15) is 61.7 Å². The highest BCUT2D eigenvalue weighted by Crippen LogP contribution is 2.42. The minimum absolute atomic E-state index is 0.0213. The van der Waals surface area contributed by atoms with E-state index in [0.29, 0.717) is 37.1 Å². The number of benzene rings is 3. The number of hydrogen-bond acceptors (Lipinski definition) is 11. The molecule has 4 aromatic heterocycles. The Labute approximate surface area is 381 Å². The van der Waals surface area contributed by atoms with E-state index in [1.807, 2.05) is 45.4 Å². The van der Waals surface area contributed by atoms with E-state index < -0.39 is 44.1 Å². The Hall–Kier alpha value is -6.05. The van der Waals surface area contributed by atoms with Gasteiger partial charge in [-0.3, -0.25) is 9.52 Å². The molecule has 0 unspecified atom stereocenters. The van der Waals surface area contributed by atoms with Crippen molar-refractivity contribution in [3.8, 4) is 33.0 Å². The van der Waals surface area contributed by atoms with Crippen LogP contribution in [0, 0.1) is 17.5 Å². The number of nitrogen functional groups attached to an aromatic ring is 1. The lowest BCUT2D eigenvalue weighted by molar-refractivity contribution is 0.0911. The van der Waals surface area contributed by atoms with Crippen molar-refractivity contribution in [1.82, 2.24) is 30.2 Å². The molecule has 0 fully saturated rings. The van der Waals surface area contributed by atoms with Crippen molar-refractivity contribution < 1.29 is 31.5 Å². The highest BCUT2D eigenvalue weighted by Gasteiger charge is 2.29. The molecule has 7 N–H and O–H groups in total. The number of nitrogens with zero attached hydrogens (tertiary/aromatic N) is 4. The Kier molecular flexibility index (Phi) is 14.7. The zero-order chi connectivity index (χ0) is 46.5. The predicted octanol–water partition coefficient (Wildman–Crippen LogP) is 10.0. The van der Waals surface area contributed by atoms with Gasteiger partial charge >= 0.3 is 0 Å². The molecule has 0 saturated carbocycles. The molecule has 3 aromatic carbocycles. The van der Waals surface area contributed by atoms with Gasteiger partial charge < -0.3 is 26.5 Å². The molecular weight excluding hydrogens is 911 g/mol. The third-order valence-electron chi connectivity index (χ3n) is 9.13. The van der Waals surface area contributed by atoms with Gasteiger partial charge in [-0.25, -0.2) is 41.5 Å². The summed E-state index contributed by atoms with van der Waals surface area (Å²) in [7, 11) is -4.78. The van der Waals surface area contributed by atoms with Crippen molar-refractivity contribution in [2.75, 3.05) is 22.4 Å². The molecule has 1 atom stereocenters.